The van der Waals surface area contributed by atoms with Gasteiger partial charge in [-0.15, -0.1) is 0 Å². The maximum Gasteiger partial charge on any atom is 0.195 e. The van der Waals surface area contributed by atoms with E-state index in [4.69, 9.17) is 18.0 Å². The third-order valence-electron chi connectivity index (χ3n) is 3.86. The summed E-state index contributed by atoms with van der Waals surface area (Å²) in [5, 5.41) is 0. The molecule has 2 aromatic heterocycles. The second kappa shape index (κ2) is 13.0. The van der Waals surface area contributed by atoms with E-state index in [0.29, 0.717) is 22.5 Å². The minimum Gasteiger partial charge on any atom is -0.399 e. The van der Waals surface area contributed by atoms with Crippen LogP contribution in [0, 0.1) is 6.57 Å². The third-order valence-corrected chi connectivity index (χ3v) is 4.89. The van der Waals surface area contributed by atoms with E-state index in [1.54, 1.807) is 67.3 Å². The second-order valence-corrected chi connectivity index (χ2v) is 8.00. The van der Waals surface area contributed by atoms with E-state index in [-0.39, 0.29) is 5.78 Å². The third kappa shape index (κ3) is 8.30. The van der Waals surface area contributed by atoms with E-state index < -0.39 is 0 Å². The van der Waals surface area contributed by atoms with E-state index in [1.165, 1.54) is 0 Å². The molecule has 0 amide bonds. The van der Waals surface area contributed by atoms with Gasteiger partial charge in [0.05, 0.1) is 6.57 Å². The molecule has 4 rings (SSSR count). The number of hydrogen-bond acceptors (Lipinski definition) is 5. The topological polar surface area (TPSA) is 99.2 Å². The molecule has 0 saturated carbocycles. The largest absolute Gasteiger partial charge is 0.399 e. The van der Waals surface area contributed by atoms with Crippen LogP contribution in [0.3, 0.4) is 0 Å². The van der Waals surface area contributed by atoms with Crippen molar-refractivity contribution < 1.29 is 4.79 Å². The van der Waals surface area contributed by atoms with Crippen LogP contribution >= 0.6 is 31.9 Å². The number of aromatic nitrogens is 2. The van der Waals surface area contributed by atoms with Gasteiger partial charge in [-0.25, -0.2) is 4.85 Å². The highest BCUT2D eigenvalue weighted by atomic mass is 79.9. The van der Waals surface area contributed by atoms with Crippen molar-refractivity contribution in [2.45, 2.75) is 0 Å². The van der Waals surface area contributed by atoms with Crippen molar-refractivity contribution >= 4 is 54.7 Å². The zero-order chi connectivity index (χ0) is 23.3. The summed E-state index contributed by atoms with van der Waals surface area (Å²) in [6.07, 6.45) is 6.38. The van der Waals surface area contributed by atoms with Crippen LogP contribution in [-0.4, -0.2) is 15.8 Å². The highest BCUT2D eigenvalue weighted by molar-refractivity contribution is 9.10. The Hall–Kier alpha value is -3.54. The maximum absolute atomic E-state index is 12.1. The van der Waals surface area contributed by atoms with Crippen LogP contribution in [0.15, 0.2) is 100 Å². The monoisotopic (exact) mass is 551 g/mol. The number of nitrogens with two attached hydrogens (primary N) is 2. The zero-order valence-corrected chi connectivity index (χ0v) is 20.0. The van der Waals surface area contributed by atoms with Gasteiger partial charge in [-0.2, -0.15) is 0 Å². The summed E-state index contributed by atoms with van der Waals surface area (Å²) in [5.41, 5.74) is 14.2. The molecular weight excluding hydrogens is 534 g/mol. The van der Waals surface area contributed by atoms with E-state index in [1.807, 2.05) is 24.3 Å². The van der Waals surface area contributed by atoms with Gasteiger partial charge in [0.25, 0.3) is 0 Å². The number of rotatable bonds is 2. The van der Waals surface area contributed by atoms with Crippen LogP contribution in [0.1, 0.15) is 15.9 Å². The van der Waals surface area contributed by atoms with Crippen molar-refractivity contribution in [2.75, 3.05) is 11.5 Å². The summed E-state index contributed by atoms with van der Waals surface area (Å²) in [6, 6.07) is 19.4. The smallest absolute Gasteiger partial charge is 0.195 e. The Labute approximate surface area is 203 Å². The Kier molecular flexibility index (Phi) is 10.0. The van der Waals surface area contributed by atoms with Gasteiger partial charge in [-0.1, -0.05) is 31.9 Å². The molecule has 0 aliphatic carbocycles. The lowest BCUT2D eigenvalue weighted by molar-refractivity contribution is 0.103. The first kappa shape index (κ1) is 24.7. The summed E-state index contributed by atoms with van der Waals surface area (Å²) < 4.78 is 1.89. The van der Waals surface area contributed by atoms with Crippen molar-refractivity contribution in [3.8, 4) is 0 Å². The van der Waals surface area contributed by atoms with Crippen molar-refractivity contribution in [1.29, 1.82) is 0 Å². The molecule has 0 unspecified atom stereocenters. The van der Waals surface area contributed by atoms with E-state index in [9.17, 15) is 4.79 Å². The number of carbonyl (C=O) groups is 1. The van der Waals surface area contributed by atoms with Crippen molar-refractivity contribution in [1.82, 2.24) is 9.97 Å². The van der Waals surface area contributed by atoms with Crippen LogP contribution in [-0.2, 0) is 0 Å². The molecular formula is C24H19Br2N5O. The van der Waals surface area contributed by atoms with Crippen LogP contribution in [0.2, 0.25) is 0 Å². The summed E-state index contributed by atoms with van der Waals surface area (Å²) >= 11 is 6.61. The number of hydrogen-bond donors (Lipinski definition) is 2. The Bertz CT molecular complexity index is 1160. The lowest BCUT2D eigenvalue weighted by Crippen LogP contribution is -2.05. The molecule has 32 heavy (non-hydrogen) atoms. The normalized spacial score (nSPS) is 9.28. The van der Waals surface area contributed by atoms with Gasteiger partial charge in [-0.05, 0) is 66.7 Å². The molecule has 0 aliphatic heterocycles. The van der Waals surface area contributed by atoms with Gasteiger partial charge in [0.2, 0.25) is 0 Å². The van der Waals surface area contributed by atoms with E-state index in [0.717, 1.165) is 14.6 Å². The fourth-order valence-electron chi connectivity index (χ4n) is 2.27. The standard InChI is InChI=1S/C12H9BrN2O.C6H6BrN.C6H4N2/c13-9-1-2-11(14)10(7-9)12(16)8-3-5-15-6-4-8;7-5-1-3-6(8)4-2-5;1-7-6-2-4-8-5-3-6/h1-7H,14H2;1-4H,8H2;2-5H. The lowest BCUT2D eigenvalue weighted by atomic mass is 10.0. The Morgan fingerprint density at radius 3 is 1.81 bits per heavy atom. The number of anilines is 2. The van der Waals surface area contributed by atoms with Crippen LogP contribution in [0.4, 0.5) is 17.1 Å². The molecule has 0 bridgehead atoms. The first-order valence-electron chi connectivity index (χ1n) is 9.19. The van der Waals surface area contributed by atoms with Gasteiger partial charge >= 0.3 is 0 Å². The number of ketones is 1. The van der Waals surface area contributed by atoms with Crippen LogP contribution < -0.4 is 11.5 Å². The summed E-state index contributed by atoms with van der Waals surface area (Å²) in [4.78, 5) is 22.9. The maximum atomic E-state index is 12.1. The number of nitrogen functional groups attached to an aromatic ring is 2. The number of pyridine rings is 2. The van der Waals surface area contributed by atoms with Gasteiger partial charge in [0.15, 0.2) is 11.5 Å². The molecule has 2 heterocycles. The van der Waals surface area contributed by atoms with Crippen LogP contribution in [0.5, 0.6) is 0 Å². The Morgan fingerprint density at radius 2 is 1.31 bits per heavy atom. The molecule has 0 atom stereocenters. The first-order chi connectivity index (χ1) is 15.4. The SMILES string of the molecule is Nc1ccc(Br)cc1.Nc1ccc(Br)cc1C(=O)c1ccncc1.[C-]#[N+]c1ccncc1. The van der Waals surface area contributed by atoms with Crippen LogP contribution in [0.25, 0.3) is 4.85 Å². The molecule has 6 nitrogen and oxygen atoms in total. The predicted octanol–water partition coefficient (Wildman–Crippen LogP) is 6.32. The molecule has 4 N–H and O–H groups in total. The molecule has 0 fully saturated rings. The molecule has 0 spiro atoms. The number of carbonyl (C=O) groups excluding carboxylic acids is 1. The average Bonchev–Trinajstić information content (AvgIpc) is 2.84. The fourth-order valence-corrected chi connectivity index (χ4v) is 2.89. The van der Waals surface area contributed by atoms with E-state index >= 15 is 0 Å². The van der Waals surface area contributed by atoms with Gasteiger partial charge < -0.3 is 11.5 Å². The summed E-state index contributed by atoms with van der Waals surface area (Å²) in [5.74, 6) is -0.0961. The average molecular weight is 553 g/mol. The number of nitrogens with zero attached hydrogens (tertiary/aromatic N) is 3. The minimum atomic E-state index is -0.0961. The van der Waals surface area contributed by atoms with Crippen molar-refractivity contribution in [3.63, 3.8) is 0 Å². The molecule has 0 saturated heterocycles. The van der Waals surface area contributed by atoms with Crippen molar-refractivity contribution in [3.05, 3.63) is 123 Å². The first-order valence-corrected chi connectivity index (χ1v) is 10.8. The lowest BCUT2D eigenvalue weighted by Gasteiger charge is -2.05. The molecule has 2 aromatic carbocycles. The molecule has 0 radical (unpaired) electrons. The quantitative estimate of drug-likeness (QED) is 0.172. The van der Waals surface area contributed by atoms with Gasteiger partial charge in [-0.3, -0.25) is 14.8 Å². The highest BCUT2D eigenvalue weighted by Crippen LogP contribution is 2.21. The van der Waals surface area contributed by atoms with Crippen molar-refractivity contribution in [2.24, 2.45) is 0 Å². The Morgan fingerprint density at radius 1 is 0.781 bits per heavy atom. The Balaban J connectivity index is 0.000000190. The zero-order valence-electron chi connectivity index (χ0n) is 16.8. The fraction of sp³-hybridized carbons (Fsp3) is 0. The summed E-state index contributed by atoms with van der Waals surface area (Å²) in [6.45, 7) is 6.54. The minimum absolute atomic E-state index is 0.0961. The molecule has 4 aromatic rings. The second-order valence-electron chi connectivity index (χ2n) is 6.17. The predicted molar refractivity (Wildman–Crippen MR) is 135 cm³/mol. The van der Waals surface area contributed by atoms with Gasteiger partial charge in [0, 0.05) is 56.2 Å². The summed E-state index contributed by atoms with van der Waals surface area (Å²) in [7, 11) is 0. The number of halogens is 2. The van der Waals surface area contributed by atoms with E-state index in [2.05, 4.69) is 46.7 Å². The number of benzene rings is 2. The molecule has 0 aliphatic rings. The highest BCUT2D eigenvalue weighted by Gasteiger charge is 2.12. The molecule has 160 valence electrons. The van der Waals surface area contributed by atoms with Gasteiger partial charge in [0.1, 0.15) is 0 Å². The molecule has 8 heteroatoms.